The van der Waals surface area contributed by atoms with Crippen LogP contribution in [0.15, 0.2) is 83.8 Å². The van der Waals surface area contributed by atoms with Crippen molar-refractivity contribution < 1.29 is 26.5 Å². The molecule has 3 aromatic rings. The predicted octanol–water partition coefficient (Wildman–Crippen LogP) is 3.95. The maximum absolute atomic E-state index is 12.9. The second-order valence-corrected chi connectivity index (χ2v) is 7.12. The first-order valence-corrected chi connectivity index (χ1v) is 9.36. The van der Waals surface area contributed by atoms with Crippen molar-refractivity contribution in [3.8, 4) is 5.75 Å². The zero-order valence-corrected chi connectivity index (χ0v) is 14.9. The molecule has 0 aromatic heterocycles. The zero-order chi connectivity index (χ0) is 19.3. The molecule has 7 heteroatoms. The molecule has 0 amide bonds. The van der Waals surface area contributed by atoms with Crippen LogP contribution in [0.2, 0.25) is 0 Å². The predicted molar refractivity (Wildman–Crippen MR) is 96.2 cm³/mol. The van der Waals surface area contributed by atoms with Crippen molar-refractivity contribution in [3.63, 3.8) is 0 Å². The number of carbonyl (C=O) groups excluding carboxylic acids is 1. The van der Waals surface area contributed by atoms with Gasteiger partial charge in [0.1, 0.15) is 23.1 Å². The van der Waals surface area contributed by atoms with Gasteiger partial charge in [0.05, 0.1) is 5.56 Å². The third kappa shape index (κ3) is 4.92. The monoisotopic (exact) mass is 386 g/mol. The summed E-state index contributed by atoms with van der Waals surface area (Å²) in [6.45, 7) is 0.136. The lowest BCUT2D eigenvalue weighted by atomic mass is 10.2. The first-order chi connectivity index (χ1) is 12.9. The highest BCUT2D eigenvalue weighted by Gasteiger charge is 2.17. The van der Waals surface area contributed by atoms with E-state index in [1.54, 1.807) is 0 Å². The van der Waals surface area contributed by atoms with E-state index in [1.807, 2.05) is 30.3 Å². The molecule has 0 radical (unpaired) electrons. The summed E-state index contributed by atoms with van der Waals surface area (Å²) in [5.41, 5.74) is 1.12. The van der Waals surface area contributed by atoms with Crippen molar-refractivity contribution in [2.75, 3.05) is 0 Å². The average molecular weight is 386 g/mol. The largest absolute Gasteiger partial charge is 0.457 e. The van der Waals surface area contributed by atoms with Gasteiger partial charge in [0, 0.05) is 0 Å². The molecule has 0 bridgehead atoms. The van der Waals surface area contributed by atoms with Gasteiger partial charge in [0.15, 0.2) is 0 Å². The van der Waals surface area contributed by atoms with Crippen molar-refractivity contribution in [1.29, 1.82) is 0 Å². The molecular formula is C20H15FO5S. The maximum atomic E-state index is 12.9. The lowest BCUT2D eigenvalue weighted by Gasteiger charge is -2.08. The fourth-order valence-corrected chi connectivity index (χ4v) is 3.16. The Hall–Kier alpha value is -3.19. The molecule has 0 heterocycles. The van der Waals surface area contributed by atoms with Crippen molar-refractivity contribution in [2.45, 2.75) is 11.5 Å². The number of benzene rings is 3. The Labute approximate surface area is 156 Å². The molecule has 0 atom stereocenters. The van der Waals surface area contributed by atoms with Gasteiger partial charge in [-0.05, 0) is 54.1 Å². The summed E-state index contributed by atoms with van der Waals surface area (Å²) in [5, 5.41) is 0. The Bertz CT molecular complexity index is 1010. The van der Waals surface area contributed by atoms with Gasteiger partial charge in [0.2, 0.25) is 0 Å². The molecule has 27 heavy (non-hydrogen) atoms. The third-order valence-electron chi connectivity index (χ3n) is 3.61. The van der Waals surface area contributed by atoms with E-state index in [0.717, 1.165) is 29.8 Å². The second kappa shape index (κ2) is 8.01. The van der Waals surface area contributed by atoms with Crippen LogP contribution in [0.3, 0.4) is 0 Å². The Kier molecular flexibility index (Phi) is 5.52. The van der Waals surface area contributed by atoms with Crippen LogP contribution in [-0.2, 0) is 21.5 Å². The van der Waals surface area contributed by atoms with Crippen LogP contribution < -0.4 is 4.18 Å². The first-order valence-electron chi connectivity index (χ1n) is 7.95. The van der Waals surface area contributed by atoms with Gasteiger partial charge in [-0.15, -0.1) is 0 Å². The molecule has 138 valence electrons. The van der Waals surface area contributed by atoms with E-state index in [0.29, 0.717) is 0 Å². The van der Waals surface area contributed by atoms with Crippen LogP contribution in [0.25, 0.3) is 0 Å². The lowest BCUT2D eigenvalue weighted by Crippen LogP contribution is -2.10. The number of ether oxygens (including phenoxy) is 1. The van der Waals surface area contributed by atoms with Crippen LogP contribution in [0.1, 0.15) is 15.9 Å². The van der Waals surface area contributed by atoms with Crippen LogP contribution in [0.4, 0.5) is 4.39 Å². The lowest BCUT2D eigenvalue weighted by molar-refractivity contribution is 0.0472. The topological polar surface area (TPSA) is 69.7 Å². The average Bonchev–Trinajstić information content (AvgIpc) is 2.67. The van der Waals surface area contributed by atoms with Gasteiger partial charge < -0.3 is 8.92 Å². The minimum absolute atomic E-state index is 0.0268. The van der Waals surface area contributed by atoms with E-state index >= 15 is 0 Å². The Morgan fingerprint density at radius 2 is 1.48 bits per heavy atom. The standard InChI is InChI=1S/C20H15FO5S/c21-17-8-12-19(13-9-17)27(23,24)26-18-10-6-16(7-11-18)20(22)25-14-15-4-2-1-3-5-15/h1-13H,14H2. The van der Waals surface area contributed by atoms with Gasteiger partial charge in [-0.3, -0.25) is 0 Å². The molecule has 5 nitrogen and oxygen atoms in total. The SMILES string of the molecule is O=C(OCc1ccccc1)c1ccc(OS(=O)(=O)c2ccc(F)cc2)cc1. The molecule has 0 N–H and O–H groups in total. The Morgan fingerprint density at radius 1 is 0.852 bits per heavy atom. The molecule has 0 saturated heterocycles. The molecule has 3 aromatic carbocycles. The van der Waals surface area contributed by atoms with Crippen LogP contribution in [-0.4, -0.2) is 14.4 Å². The Balaban J connectivity index is 1.64. The molecule has 0 aliphatic rings. The number of hydrogen-bond acceptors (Lipinski definition) is 5. The summed E-state index contributed by atoms with van der Waals surface area (Å²) in [7, 11) is -4.09. The highest BCUT2D eigenvalue weighted by Crippen LogP contribution is 2.20. The van der Waals surface area contributed by atoms with Crippen molar-refractivity contribution in [3.05, 3.63) is 95.8 Å². The van der Waals surface area contributed by atoms with E-state index in [4.69, 9.17) is 8.92 Å². The summed E-state index contributed by atoms with van der Waals surface area (Å²) in [6.07, 6.45) is 0. The van der Waals surface area contributed by atoms with E-state index < -0.39 is 21.9 Å². The summed E-state index contributed by atoms with van der Waals surface area (Å²) in [6, 6.07) is 19.0. The van der Waals surface area contributed by atoms with E-state index in [2.05, 4.69) is 0 Å². The fraction of sp³-hybridized carbons (Fsp3) is 0.0500. The first kappa shape index (κ1) is 18.6. The number of rotatable bonds is 6. The molecular weight excluding hydrogens is 371 g/mol. The fourth-order valence-electron chi connectivity index (χ4n) is 2.23. The van der Waals surface area contributed by atoms with Gasteiger partial charge in [-0.2, -0.15) is 8.42 Å². The van der Waals surface area contributed by atoms with Crippen molar-refractivity contribution in [2.24, 2.45) is 0 Å². The van der Waals surface area contributed by atoms with Gasteiger partial charge in [-0.25, -0.2) is 9.18 Å². The van der Waals surface area contributed by atoms with Crippen molar-refractivity contribution in [1.82, 2.24) is 0 Å². The molecule has 0 unspecified atom stereocenters. The van der Waals surface area contributed by atoms with Crippen LogP contribution in [0.5, 0.6) is 5.75 Å². The minimum atomic E-state index is -4.09. The molecule has 3 rings (SSSR count). The normalized spacial score (nSPS) is 11.0. The van der Waals surface area contributed by atoms with E-state index in [-0.39, 0.29) is 22.8 Å². The Morgan fingerprint density at radius 3 is 2.11 bits per heavy atom. The highest BCUT2D eigenvalue weighted by atomic mass is 32.2. The summed E-state index contributed by atoms with van der Waals surface area (Å²) in [5.74, 6) is -1.06. The maximum Gasteiger partial charge on any atom is 0.339 e. The summed E-state index contributed by atoms with van der Waals surface area (Å²) < 4.78 is 47.4. The van der Waals surface area contributed by atoms with E-state index in [1.165, 1.54) is 24.3 Å². The molecule has 0 aliphatic heterocycles. The summed E-state index contributed by atoms with van der Waals surface area (Å²) in [4.78, 5) is 11.9. The molecule has 0 spiro atoms. The third-order valence-corrected chi connectivity index (χ3v) is 4.87. The summed E-state index contributed by atoms with van der Waals surface area (Å²) >= 11 is 0. The zero-order valence-electron chi connectivity index (χ0n) is 14.0. The van der Waals surface area contributed by atoms with Gasteiger partial charge in [-0.1, -0.05) is 30.3 Å². The quantitative estimate of drug-likeness (QED) is 0.474. The van der Waals surface area contributed by atoms with E-state index in [9.17, 15) is 17.6 Å². The van der Waals surface area contributed by atoms with Crippen LogP contribution in [0, 0.1) is 5.82 Å². The molecule has 0 aliphatic carbocycles. The second-order valence-electron chi connectivity index (χ2n) is 5.58. The number of carbonyl (C=O) groups is 1. The van der Waals surface area contributed by atoms with Gasteiger partial charge >= 0.3 is 16.1 Å². The molecule has 0 saturated carbocycles. The van der Waals surface area contributed by atoms with Gasteiger partial charge in [0.25, 0.3) is 0 Å². The molecule has 0 fully saturated rings. The smallest absolute Gasteiger partial charge is 0.339 e. The highest BCUT2D eigenvalue weighted by molar-refractivity contribution is 7.87. The number of esters is 1. The van der Waals surface area contributed by atoms with Crippen LogP contribution >= 0.6 is 0 Å². The number of halogens is 1. The van der Waals surface area contributed by atoms with Crippen molar-refractivity contribution >= 4 is 16.1 Å². The minimum Gasteiger partial charge on any atom is -0.457 e. The number of hydrogen-bond donors (Lipinski definition) is 0.